The van der Waals surface area contributed by atoms with Crippen LogP contribution in [0, 0.1) is 6.92 Å². The van der Waals surface area contributed by atoms with Gasteiger partial charge in [-0.25, -0.2) is 13.1 Å². The number of halogens is 1. The normalized spacial score (nSPS) is 13.4. The minimum absolute atomic E-state index is 0. The molecular formula is C18H24ClN3O3S. The van der Waals surface area contributed by atoms with Crippen molar-refractivity contribution in [2.24, 2.45) is 5.73 Å². The number of nitrogens with one attached hydrogen (secondary N) is 2. The number of hydrogen-bond acceptors (Lipinski definition) is 4. The van der Waals surface area contributed by atoms with Gasteiger partial charge in [-0.3, -0.25) is 4.79 Å². The lowest BCUT2D eigenvalue weighted by Gasteiger charge is -2.18. The SMILES string of the molecule is CNS(=O)(=O)c1ccc(C(C)NC(=O)C(N)c2ccc(C)cc2)cc1.Cl. The Balaban J connectivity index is 0.00000338. The van der Waals surface area contributed by atoms with Gasteiger partial charge in [0.25, 0.3) is 0 Å². The molecule has 0 radical (unpaired) electrons. The maximum Gasteiger partial charge on any atom is 0.241 e. The summed E-state index contributed by atoms with van der Waals surface area (Å²) in [6, 6.07) is 12.8. The van der Waals surface area contributed by atoms with Crippen molar-refractivity contribution >= 4 is 28.3 Å². The molecule has 0 fully saturated rings. The fraction of sp³-hybridized carbons (Fsp3) is 0.278. The molecule has 0 aliphatic rings. The molecule has 2 rings (SSSR count). The third-order valence-electron chi connectivity index (χ3n) is 4.04. The zero-order valence-corrected chi connectivity index (χ0v) is 16.5. The summed E-state index contributed by atoms with van der Waals surface area (Å²) >= 11 is 0. The Bertz CT molecular complexity index is 837. The molecule has 0 bridgehead atoms. The monoisotopic (exact) mass is 397 g/mol. The number of nitrogens with two attached hydrogens (primary N) is 1. The minimum atomic E-state index is -3.47. The lowest BCUT2D eigenvalue weighted by molar-refractivity contribution is -0.123. The van der Waals surface area contributed by atoms with Crippen LogP contribution in [0.15, 0.2) is 53.4 Å². The van der Waals surface area contributed by atoms with Gasteiger partial charge >= 0.3 is 0 Å². The highest BCUT2D eigenvalue weighted by Gasteiger charge is 2.19. The molecule has 0 aromatic heterocycles. The third-order valence-corrected chi connectivity index (χ3v) is 5.47. The second-order valence-electron chi connectivity index (χ2n) is 5.90. The summed E-state index contributed by atoms with van der Waals surface area (Å²) in [5.41, 5.74) is 8.65. The molecule has 8 heteroatoms. The summed E-state index contributed by atoms with van der Waals surface area (Å²) in [6.45, 7) is 3.79. The van der Waals surface area contributed by atoms with Crippen LogP contribution in [0.4, 0.5) is 0 Å². The molecule has 142 valence electrons. The smallest absolute Gasteiger partial charge is 0.241 e. The first-order valence-corrected chi connectivity index (χ1v) is 9.39. The lowest BCUT2D eigenvalue weighted by Crippen LogP contribution is -2.35. The number of amides is 1. The van der Waals surface area contributed by atoms with E-state index in [1.54, 1.807) is 12.1 Å². The fourth-order valence-electron chi connectivity index (χ4n) is 2.37. The van der Waals surface area contributed by atoms with Crippen molar-refractivity contribution in [1.82, 2.24) is 10.0 Å². The van der Waals surface area contributed by atoms with E-state index < -0.39 is 16.1 Å². The van der Waals surface area contributed by atoms with Crippen LogP contribution in [-0.2, 0) is 14.8 Å². The first-order valence-electron chi connectivity index (χ1n) is 7.90. The van der Waals surface area contributed by atoms with E-state index in [9.17, 15) is 13.2 Å². The average Bonchev–Trinajstić information content (AvgIpc) is 2.61. The molecular weight excluding hydrogens is 374 g/mol. The van der Waals surface area contributed by atoms with Gasteiger partial charge in [-0.05, 0) is 44.2 Å². The van der Waals surface area contributed by atoms with Crippen LogP contribution in [0.25, 0.3) is 0 Å². The number of hydrogen-bond donors (Lipinski definition) is 3. The number of sulfonamides is 1. The molecule has 0 heterocycles. The predicted molar refractivity (Wildman–Crippen MR) is 105 cm³/mol. The van der Waals surface area contributed by atoms with E-state index >= 15 is 0 Å². The molecule has 0 aliphatic heterocycles. The van der Waals surface area contributed by atoms with Crippen LogP contribution in [0.2, 0.25) is 0 Å². The third kappa shape index (κ3) is 5.28. The van der Waals surface area contributed by atoms with Crippen molar-refractivity contribution in [3.8, 4) is 0 Å². The van der Waals surface area contributed by atoms with Gasteiger partial charge < -0.3 is 11.1 Å². The van der Waals surface area contributed by atoms with E-state index in [0.29, 0.717) is 0 Å². The Morgan fingerprint density at radius 1 is 1.00 bits per heavy atom. The predicted octanol–water partition coefficient (Wildman–Crippen LogP) is 2.20. The summed E-state index contributed by atoms with van der Waals surface area (Å²) in [4.78, 5) is 12.5. The maximum atomic E-state index is 12.3. The molecule has 2 unspecified atom stereocenters. The number of aryl methyl sites for hydroxylation is 1. The van der Waals surface area contributed by atoms with Crippen molar-refractivity contribution < 1.29 is 13.2 Å². The molecule has 2 aromatic carbocycles. The molecule has 6 nitrogen and oxygen atoms in total. The first-order chi connectivity index (χ1) is 11.7. The zero-order chi connectivity index (χ0) is 18.6. The number of carbonyl (C=O) groups is 1. The Morgan fingerprint density at radius 3 is 2.00 bits per heavy atom. The van der Waals surface area contributed by atoms with Gasteiger partial charge in [-0.15, -0.1) is 12.4 Å². The molecule has 2 atom stereocenters. The highest BCUT2D eigenvalue weighted by Crippen LogP contribution is 2.18. The van der Waals surface area contributed by atoms with Gasteiger partial charge in [0.15, 0.2) is 0 Å². The molecule has 4 N–H and O–H groups in total. The van der Waals surface area contributed by atoms with E-state index in [2.05, 4.69) is 10.0 Å². The van der Waals surface area contributed by atoms with Crippen molar-refractivity contribution in [3.05, 3.63) is 65.2 Å². The zero-order valence-electron chi connectivity index (χ0n) is 14.9. The van der Waals surface area contributed by atoms with Crippen molar-refractivity contribution in [3.63, 3.8) is 0 Å². The van der Waals surface area contributed by atoms with Gasteiger partial charge in [0.05, 0.1) is 10.9 Å². The Hall–Kier alpha value is -1.93. The van der Waals surface area contributed by atoms with Crippen molar-refractivity contribution in [2.75, 3.05) is 7.05 Å². The van der Waals surface area contributed by atoms with Gasteiger partial charge in [-0.1, -0.05) is 42.0 Å². The summed E-state index contributed by atoms with van der Waals surface area (Å²) in [5.74, 6) is -0.289. The van der Waals surface area contributed by atoms with Crippen molar-refractivity contribution in [2.45, 2.75) is 30.8 Å². The molecule has 0 spiro atoms. The quantitative estimate of drug-likeness (QED) is 0.695. The van der Waals surface area contributed by atoms with Gasteiger partial charge in [-0.2, -0.15) is 0 Å². The van der Waals surface area contributed by atoms with Gasteiger partial charge in [0.2, 0.25) is 15.9 Å². The fourth-order valence-corrected chi connectivity index (χ4v) is 3.10. The first kappa shape index (κ1) is 22.1. The molecule has 0 aliphatic carbocycles. The van der Waals surface area contributed by atoms with Gasteiger partial charge in [0, 0.05) is 0 Å². The number of benzene rings is 2. The summed E-state index contributed by atoms with van der Waals surface area (Å²) in [7, 11) is -2.11. The maximum absolute atomic E-state index is 12.3. The topological polar surface area (TPSA) is 101 Å². The Labute approximate surface area is 160 Å². The second-order valence-corrected chi connectivity index (χ2v) is 7.78. The second kappa shape index (κ2) is 9.14. The van der Waals surface area contributed by atoms with E-state index in [1.807, 2.05) is 38.1 Å². The molecule has 26 heavy (non-hydrogen) atoms. The summed E-state index contributed by atoms with van der Waals surface area (Å²) < 4.78 is 25.7. The molecule has 1 amide bonds. The van der Waals surface area contributed by atoms with Crippen LogP contribution in [-0.4, -0.2) is 21.4 Å². The Morgan fingerprint density at radius 2 is 1.50 bits per heavy atom. The summed E-state index contributed by atoms with van der Waals surface area (Å²) in [5, 5.41) is 2.85. The lowest BCUT2D eigenvalue weighted by atomic mass is 10.0. The van der Waals surface area contributed by atoms with E-state index in [4.69, 9.17) is 5.73 Å². The highest BCUT2D eigenvalue weighted by molar-refractivity contribution is 7.89. The van der Waals surface area contributed by atoms with E-state index in [-0.39, 0.29) is 29.3 Å². The molecule has 0 saturated carbocycles. The van der Waals surface area contributed by atoms with E-state index in [1.165, 1.54) is 19.2 Å². The van der Waals surface area contributed by atoms with Crippen LogP contribution in [0.5, 0.6) is 0 Å². The largest absolute Gasteiger partial charge is 0.348 e. The highest BCUT2D eigenvalue weighted by atomic mass is 35.5. The van der Waals surface area contributed by atoms with E-state index in [0.717, 1.165) is 16.7 Å². The van der Waals surface area contributed by atoms with Crippen LogP contribution < -0.4 is 15.8 Å². The minimum Gasteiger partial charge on any atom is -0.348 e. The number of rotatable bonds is 6. The molecule has 2 aromatic rings. The van der Waals surface area contributed by atoms with Crippen LogP contribution >= 0.6 is 12.4 Å². The van der Waals surface area contributed by atoms with Crippen LogP contribution in [0.3, 0.4) is 0 Å². The van der Waals surface area contributed by atoms with Crippen LogP contribution in [0.1, 0.15) is 35.7 Å². The summed E-state index contributed by atoms with van der Waals surface area (Å²) in [6.07, 6.45) is 0. The van der Waals surface area contributed by atoms with Gasteiger partial charge in [0.1, 0.15) is 6.04 Å². The number of carbonyl (C=O) groups excluding carboxylic acids is 1. The Kier molecular flexibility index (Phi) is 7.77. The standard InChI is InChI=1S/C18H23N3O3S.ClH/c1-12-4-6-15(7-5-12)17(19)18(22)21-13(2)14-8-10-16(11-9-14)25(23,24)20-3;/h4-11,13,17,20H,19H2,1-3H3,(H,21,22);1H. The molecule has 0 saturated heterocycles. The van der Waals surface area contributed by atoms with Crippen molar-refractivity contribution in [1.29, 1.82) is 0 Å². The average molecular weight is 398 g/mol.